The van der Waals surface area contributed by atoms with Gasteiger partial charge >= 0.3 is 0 Å². The molecule has 10 heteroatoms. The zero-order valence-electron chi connectivity index (χ0n) is 20.5. The molecule has 3 aromatic rings. The molecule has 190 valence electrons. The van der Waals surface area contributed by atoms with Gasteiger partial charge in [-0.1, -0.05) is 35.3 Å². The van der Waals surface area contributed by atoms with Crippen LogP contribution in [0.5, 0.6) is 0 Å². The van der Waals surface area contributed by atoms with Gasteiger partial charge in [0.1, 0.15) is 16.7 Å². The van der Waals surface area contributed by atoms with Crippen LogP contribution in [0.1, 0.15) is 42.5 Å². The molecule has 3 heterocycles. The predicted molar refractivity (Wildman–Crippen MR) is 146 cm³/mol. The highest BCUT2D eigenvalue weighted by Crippen LogP contribution is 2.51. The number of benzene rings is 1. The fourth-order valence-electron chi connectivity index (χ4n) is 5.10. The normalized spacial score (nSPS) is 17.7. The average Bonchev–Trinajstić information content (AvgIpc) is 3.17. The molecule has 1 aliphatic heterocycles. The first-order chi connectivity index (χ1) is 17.9. The maximum atomic E-state index is 11.7. The summed E-state index contributed by atoms with van der Waals surface area (Å²) in [5.74, 6) is 6.50. The van der Waals surface area contributed by atoms with E-state index in [4.69, 9.17) is 23.1 Å². The van der Waals surface area contributed by atoms with E-state index in [9.17, 15) is 4.79 Å². The molecule has 1 fully saturated rings. The molecule has 0 radical (unpaired) electrons. The van der Waals surface area contributed by atoms with Crippen LogP contribution in [0, 0.1) is 17.3 Å². The molecule has 2 aliphatic rings. The summed E-state index contributed by atoms with van der Waals surface area (Å²) < 4.78 is 0. The SMILES string of the molecule is CCNC(=O)C#Cc1ccc2c(c1)[C@@H](N)C1(CCN(c3cnc(Sc4ccnc(N)c4Cl)cn3)CC1)C2. The maximum Gasteiger partial charge on any atom is 0.296 e. The van der Waals surface area contributed by atoms with Crippen LogP contribution in [0.25, 0.3) is 0 Å². The summed E-state index contributed by atoms with van der Waals surface area (Å²) in [6, 6.07) is 7.90. The lowest BCUT2D eigenvalue weighted by Crippen LogP contribution is -2.44. The van der Waals surface area contributed by atoms with Gasteiger partial charge < -0.3 is 21.7 Å². The minimum Gasteiger partial charge on any atom is -0.382 e. The number of hydrogen-bond acceptors (Lipinski definition) is 8. The Bertz CT molecular complexity index is 1380. The van der Waals surface area contributed by atoms with Crippen LogP contribution in [-0.2, 0) is 11.2 Å². The summed E-state index contributed by atoms with van der Waals surface area (Å²) in [6.07, 6.45) is 8.08. The lowest BCUT2D eigenvalue weighted by atomic mass is 9.73. The molecular weight excluding hydrogens is 506 g/mol. The first kappa shape index (κ1) is 25.3. The largest absolute Gasteiger partial charge is 0.382 e. The molecule has 5 rings (SSSR count). The molecule has 1 aliphatic carbocycles. The number of carbonyl (C=O) groups excluding carboxylic acids is 1. The number of carbonyl (C=O) groups is 1. The smallest absolute Gasteiger partial charge is 0.296 e. The van der Waals surface area contributed by atoms with E-state index in [1.807, 2.05) is 25.3 Å². The van der Waals surface area contributed by atoms with Crippen molar-refractivity contribution in [2.75, 3.05) is 30.3 Å². The van der Waals surface area contributed by atoms with Crippen molar-refractivity contribution in [2.24, 2.45) is 11.1 Å². The number of nitrogens with two attached hydrogens (primary N) is 2. The van der Waals surface area contributed by atoms with Gasteiger partial charge in [0.05, 0.1) is 17.4 Å². The Kier molecular flexibility index (Phi) is 7.24. The molecule has 2 aromatic heterocycles. The number of hydrogen-bond donors (Lipinski definition) is 3. The molecule has 1 spiro atoms. The standard InChI is InChI=1S/C27H28ClN7OS/c1-2-31-22(36)6-4-17-3-5-18-14-27(25(29)19(18)13-17)8-11-35(12-9-27)21-15-34-23(16-33-21)37-20-7-10-32-26(30)24(20)28/h3,5,7,10,13,15-16,25H,2,8-9,11-12,14,29H2,1H3,(H2,30,32)(H,31,36)/t25-/m1/s1. The van der Waals surface area contributed by atoms with E-state index in [-0.39, 0.29) is 17.4 Å². The fourth-order valence-corrected chi connectivity index (χ4v) is 6.09. The second-order valence-corrected chi connectivity index (χ2v) is 10.8. The van der Waals surface area contributed by atoms with Gasteiger partial charge in [0.15, 0.2) is 0 Å². The lowest BCUT2D eigenvalue weighted by Gasteiger charge is -2.42. The quantitative estimate of drug-likeness (QED) is 0.435. The monoisotopic (exact) mass is 533 g/mol. The third-order valence-corrected chi connectivity index (χ3v) is 8.62. The minimum atomic E-state index is -0.267. The number of pyridine rings is 1. The minimum absolute atomic E-state index is 0.0196. The zero-order chi connectivity index (χ0) is 26.0. The Labute approximate surface area is 225 Å². The van der Waals surface area contributed by atoms with E-state index in [1.54, 1.807) is 12.4 Å². The Hall–Kier alpha value is -3.32. The second-order valence-electron chi connectivity index (χ2n) is 9.35. The number of nitrogens with zero attached hydrogens (tertiary/aromatic N) is 4. The molecule has 1 atom stereocenters. The molecule has 0 saturated carbocycles. The van der Waals surface area contributed by atoms with Gasteiger partial charge in [-0.05, 0) is 60.9 Å². The van der Waals surface area contributed by atoms with Crippen molar-refractivity contribution in [2.45, 2.75) is 42.1 Å². The third kappa shape index (κ3) is 5.23. The van der Waals surface area contributed by atoms with E-state index < -0.39 is 0 Å². The zero-order valence-corrected chi connectivity index (χ0v) is 22.1. The highest BCUT2D eigenvalue weighted by Gasteiger charge is 2.46. The van der Waals surface area contributed by atoms with Crippen molar-refractivity contribution in [3.63, 3.8) is 0 Å². The van der Waals surface area contributed by atoms with Crippen LogP contribution in [0.2, 0.25) is 5.02 Å². The van der Waals surface area contributed by atoms with Crippen LogP contribution in [-0.4, -0.2) is 40.5 Å². The van der Waals surface area contributed by atoms with Gasteiger partial charge in [0, 0.05) is 48.3 Å². The molecule has 37 heavy (non-hydrogen) atoms. The lowest BCUT2D eigenvalue weighted by molar-refractivity contribution is -0.115. The van der Waals surface area contributed by atoms with E-state index in [1.165, 1.54) is 17.3 Å². The van der Waals surface area contributed by atoms with Crippen molar-refractivity contribution >= 4 is 40.9 Å². The molecule has 8 nitrogen and oxygen atoms in total. The topological polar surface area (TPSA) is 123 Å². The van der Waals surface area contributed by atoms with Crippen LogP contribution >= 0.6 is 23.4 Å². The third-order valence-electron chi connectivity index (χ3n) is 7.13. The van der Waals surface area contributed by atoms with Crippen molar-refractivity contribution in [3.05, 3.63) is 64.6 Å². The van der Waals surface area contributed by atoms with Crippen molar-refractivity contribution in [3.8, 4) is 11.8 Å². The number of nitrogen functional groups attached to an aromatic ring is 1. The van der Waals surface area contributed by atoms with Gasteiger partial charge in [-0.2, -0.15) is 0 Å². The highest BCUT2D eigenvalue weighted by atomic mass is 35.5. The van der Waals surface area contributed by atoms with Gasteiger partial charge in [-0.3, -0.25) is 4.79 Å². The summed E-state index contributed by atoms with van der Waals surface area (Å²) >= 11 is 7.66. The fraction of sp³-hybridized carbons (Fsp3) is 0.333. The molecule has 1 aromatic carbocycles. The number of nitrogens with one attached hydrogen (secondary N) is 1. The number of halogens is 1. The Morgan fingerprint density at radius 3 is 2.78 bits per heavy atom. The van der Waals surface area contributed by atoms with Crippen molar-refractivity contribution in [1.82, 2.24) is 20.3 Å². The summed E-state index contributed by atoms with van der Waals surface area (Å²) in [6.45, 7) is 4.16. The van der Waals surface area contributed by atoms with E-state index >= 15 is 0 Å². The number of aromatic nitrogens is 3. The maximum absolute atomic E-state index is 11.7. The van der Waals surface area contributed by atoms with Crippen molar-refractivity contribution < 1.29 is 4.79 Å². The summed E-state index contributed by atoms with van der Waals surface area (Å²) in [7, 11) is 0. The van der Waals surface area contributed by atoms with Gasteiger partial charge in [-0.25, -0.2) is 15.0 Å². The number of anilines is 2. The van der Waals surface area contributed by atoms with Gasteiger partial charge in [0.2, 0.25) is 0 Å². The summed E-state index contributed by atoms with van der Waals surface area (Å²) in [5.41, 5.74) is 15.9. The number of fused-ring (bicyclic) bond motifs is 1. The molecular formula is C27H28ClN7OS. The molecule has 1 saturated heterocycles. The van der Waals surface area contributed by atoms with E-state index in [0.29, 0.717) is 17.4 Å². The predicted octanol–water partition coefficient (Wildman–Crippen LogP) is 3.59. The Morgan fingerprint density at radius 1 is 1.24 bits per heavy atom. The molecule has 0 bridgehead atoms. The van der Waals surface area contributed by atoms with Crippen LogP contribution in [0.4, 0.5) is 11.6 Å². The van der Waals surface area contributed by atoms with Crippen molar-refractivity contribution in [1.29, 1.82) is 0 Å². The van der Waals surface area contributed by atoms with Gasteiger partial charge in [-0.15, -0.1) is 0 Å². The van der Waals surface area contributed by atoms with E-state index in [0.717, 1.165) is 59.2 Å². The van der Waals surface area contributed by atoms with Gasteiger partial charge in [0.25, 0.3) is 5.91 Å². The van der Waals surface area contributed by atoms with Crippen LogP contribution in [0.15, 0.2) is 52.8 Å². The molecule has 5 N–H and O–H groups in total. The van der Waals surface area contributed by atoms with Crippen LogP contribution in [0.3, 0.4) is 0 Å². The average molecular weight is 534 g/mol. The first-order valence-corrected chi connectivity index (χ1v) is 13.4. The Balaban J connectivity index is 1.23. The highest BCUT2D eigenvalue weighted by molar-refractivity contribution is 7.99. The first-order valence-electron chi connectivity index (χ1n) is 12.2. The molecule has 0 unspecified atom stereocenters. The molecule has 1 amide bonds. The number of rotatable bonds is 4. The summed E-state index contributed by atoms with van der Waals surface area (Å²) in [5, 5.41) is 3.86. The Morgan fingerprint density at radius 2 is 2.05 bits per heavy atom. The number of piperidine rings is 1. The number of amides is 1. The van der Waals surface area contributed by atoms with Crippen LogP contribution < -0.4 is 21.7 Å². The second kappa shape index (κ2) is 10.6. The van der Waals surface area contributed by atoms with E-state index in [2.05, 4.69) is 49.1 Å². The summed E-state index contributed by atoms with van der Waals surface area (Å²) in [4.78, 5) is 28.0.